The summed E-state index contributed by atoms with van der Waals surface area (Å²) >= 11 is 0. The number of carbonyl (C=O) groups is 3. The second-order valence-corrected chi connectivity index (χ2v) is 9.13. The maximum Gasteiger partial charge on any atom is 0.408 e. The topological polar surface area (TPSA) is 94.7 Å². The molecule has 0 aliphatic carbocycles. The summed E-state index contributed by atoms with van der Waals surface area (Å²) in [5.74, 6) is -0.161. The molecule has 2 N–H and O–H groups in total. The molecule has 0 saturated carbocycles. The van der Waals surface area contributed by atoms with Gasteiger partial charge in [-0.25, -0.2) is 4.79 Å². The summed E-state index contributed by atoms with van der Waals surface area (Å²) in [6, 6.07) is 16.5. The van der Waals surface area contributed by atoms with Crippen LogP contribution < -0.4 is 5.32 Å². The Morgan fingerprint density at radius 1 is 0.914 bits per heavy atom. The van der Waals surface area contributed by atoms with Gasteiger partial charge in [0.2, 0.25) is 11.8 Å². The summed E-state index contributed by atoms with van der Waals surface area (Å²) in [4.78, 5) is 45.3. The van der Waals surface area contributed by atoms with Crippen molar-refractivity contribution in [2.75, 3.05) is 26.2 Å². The highest BCUT2D eigenvalue weighted by atomic mass is 16.5. The number of nitrogens with one attached hydrogen (secondary N) is 2. The van der Waals surface area contributed by atoms with E-state index in [2.05, 4.69) is 10.3 Å². The van der Waals surface area contributed by atoms with Crippen LogP contribution in [0.15, 0.2) is 60.8 Å². The molecule has 2 aromatic carbocycles. The number of rotatable bonds is 7. The third-order valence-corrected chi connectivity index (χ3v) is 6.30. The first-order chi connectivity index (χ1) is 16.9. The fourth-order valence-corrected chi connectivity index (χ4v) is 4.36. The number of carbonyl (C=O) groups excluding carboxylic acids is 3. The van der Waals surface area contributed by atoms with Crippen LogP contribution in [0.3, 0.4) is 0 Å². The van der Waals surface area contributed by atoms with Crippen molar-refractivity contribution >= 4 is 28.8 Å². The van der Waals surface area contributed by atoms with Gasteiger partial charge in [0.05, 0.1) is 0 Å². The summed E-state index contributed by atoms with van der Waals surface area (Å²) < 4.78 is 5.40. The van der Waals surface area contributed by atoms with E-state index in [9.17, 15) is 14.4 Å². The molecule has 1 unspecified atom stereocenters. The molecule has 3 amide bonds. The van der Waals surface area contributed by atoms with Gasteiger partial charge in [-0.2, -0.15) is 0 Å². The Morgan fingerprint density at radius 3 is 2.23 bits per heavy atom. The highest BCUT2D eigenvalue weighted by molar-refractivity contribution is 5.88. The number of nitrogens with zero attached hydrogens (tertiary/aromatic N) is 2. The summed E-state index contributed by atoms with van der Waals surface area (Å²) in [5.41, 5.74) is 2.78. The molecule has 0 spiro atoms. The Kier molecular flexibility index (Phi) is 7.70. The SMILES string of the molecule is CC(C)C(=O)N1CCN(C(=O)C(Cc2c[nH]c3ccccc23)NC(=O)OCc2ccccc2)CC1. The van der Waals surface area contributed by atoms with Gasteiger partial charge in [-0.3, -0.25) is 9.59 Å². The Morgan fingerprint density at radius 2 is 1.54 bits per heavy atom. The van der Waals surface area contributed by atoms with Crippen LogP contribution in [0.2, 0.25) is 0 Å². The van der Waals surface area contributed by atoms with Crippen LogP contribution in [0.25, 0.3) is 10.9 Å². The number of para-hydroxylation sites is 1. The molecule has 1 fully saturated rings. The predicted molar refractivity (Wildman–Crippen MR) is 134 cm³/mol. The van der Waals surface area contributed by atoms with E-state index in [1.807, 2.05) is 74.6 Å². The Bertz CT molecular complexity index is 1170. The van der Waals surface area contributed by atoms with Gasteiger partial charge < -0.3 is 24.8 Å². The standard InChI is InChI=1S/C27H32N4O4/c1-19(2)25(32)30-12-14-31(15-13-30)26(33)24(16-21-17-28-23-11-7-6-10-22(21)23)29-27(34)35-18-20-8-4-3-5-9-20/h3-11,17,19,24,28H,12-16,18H2,1-2H3,(H,29,34). The van der Waals surface area contributed by atoms with E-state index >= 15 is 0 Å². The Hall–Kier alpha value is -3.81. The fourth-order valence-electron chi connectivity index (χ4n) is 4.36. The lowest BCUT2D eigenvalue weighted by Gasteiger charge is -2.37. The number of hydrogen-bond donors (Lipinski definition) is 2. The zero-order valence-corrected chi connectivity index (χ0v) is 20.2. The second-order valence-electron chi connectivity index (χ2n) is 9.13. The number of hydrogen-bond acceptors (Lipinski definition) is 4. The van der Waals surface area contributed by atoms with Crippen molar-refractivity contribution in [2.45, 2.75) is 32.9 Å². The molecule has 0 radical (unpaired) electrons. The first kappa shape index (κ1) is 24.3. The molecule has 3 aromatic rings. The van der Waals surface area contributed by atoms with E-state index in [0.717, 1.165) is 22.0 Å². The van der Waals surface area contributed by atoms with Gasteiger partial charge in [0, 0.05) is 55.6 Å². The molecule has 184 valence electrons. The van der Waals surface area contributed by atoms with Crippen molar-refractivity contribution in [3.63, 3.8) is 0 Å². The summed E-state index contributed by atoms with van der Waals surface area (Å²) in [6.07, 6.45) is 1.57. The van der Waals surface area contributed by atoms with Gasteiger partial charge in [-0.05, 0) is 17.2 Å². The summed E-state index contributed by atoms with van der Waals surface area (Å²) in [5, 5.41) is 3.80. The van der Waals surface area contributed by atoms with Gasteiger partial charge in [-0.15, -0.1) is 0 Å². The lowest BCUT2D eigenvalue weighted by Crippen LogP contribution is -2.56. The summed E-state index contributed by atoms with van der Waals surface area (Å²) in [6.45, 7) is 5.72. The molecule has 1 saturated heterocycles. The number of benzene rings is 2. The van der Waals surface area contributed by atoms with Gasteiger partial charge in [0.1, 0.15) is 12.6 Å². The fraction of sp³-hybridized carbons (Fsp3) is 0.370. The molecule has 2 heterocycles. The first-order valence-electron chi connectivity index (χ1n) is 12.0. The Labute approximate surface area is 205 Å². The molecular formula is C27H32N4O4. The lowest BCUT2D eigenvalue weighted by molar-refractivity contribution is -0.142. The van der Waals surface area contributed by atoms with Crippen LogP contribution in [0.1, 0.15) is 25.0 Å². The minimum absolute atomic E-state index is 0.0760. The third kappa shape index (κ3) is 6.01. The normalized spacial score (nSPS) is 14.7. The van der Waals surface area contributed by atoms with E-state index in [4.69, 9.17) is 4.74 Å². The van der Waals surface area contributed by atoms with Crippen molar-refractivity contribution in [1.82, 2.24) is 20.1 Å². The monoisotopic (exact) mass is 476 g/mol. The van der Waals surface area contributed by atoms with Crippen LogP contribution >= 0.6 is 0 Å². The predicted octanol–water partition coefficient (Wildman–Crippen LogP) is 3.33. The molecule has 0 bridgehead atoms. The average molecular weight is 477 g/mol. The molecule has 8 nitrogen and oxygen atoms in total. The molecular weight excluding hydrogens is 444 g/mol. The van der Waals surface area contributed by atoms with E-state index in [1.165, 1.54) is 0 Å². The molecule has 1 aliphatic heterocycles. The van der Waals surface area contributed by atoms with E-state index < -0.39 is 12.1 Å². The number of ether oxygens (including phenoxy) is 1. The van der Waals surface area contributed by atoms with Crippen LogP contribution in [0.5, 0.6) is 0 Å². The van der Waals surface area contributed by atoms with Crippen LogP contribution in [0.4, 0.5) is 4.79 Å². The van der Waals surface area contributed by atoms with Crippen molar-refractivity contribution in [2.24, 2.45) is 5.92 Å². The zero-order chi connectivity index (χ0) is 24.8. The highest BCUT2D eigenvalue weighted by Gasteiger charge is 2.31. The van der Waals surface area contributed by atoms with E-state index in [-0.39, 0.29) is 24.3 Å². The number of aromatic nitrogens is 1. The molecule has 35 heavy (non-hydrogen) atoms. The molecule has 1 aliphatic rings. The minimum Gasteiger partial charge on any atom is -0.445 e. The maximum atomic E-state index is 13.5. The summed E-state index contributed by atoms with van der Waals surface area (Å²) in [7, 11) is 0. The van der Waals surface area contributed by atoms with Crippen LogP contribution in [0, 0.1) is 5.92 Å². The molecule has 1 atom stereocenters. The van der Waals surface area contributed by atoms with Gasteiger partial charge in [0.15, 0.2) is 0 Å². The number of piperazine rings is 1. The van der Waals surface area contributed by atoms with Crippen molar-refractivity contribution in [3.8, 4) is 0 Å². The van der Waals surface area contributed by atoms with Crippen molar-refractivity contribution in [3.05, 3.63) is 71.9 Å². The van der Waals surface area contributed by atoms with Crippen molar-refractivity contribution in [1.29, 1.82) is 0 Å². The van der Waals surface area contributed by atoms with Crippen molar-refractivity contribution < 1.29 is 19.1 Å². The number of alkyl carbamates (subject to hydrolysis) is 1. The lowest BCUT2D eigenvalue weighted by atomic mass is 10.0. The number of H-pyrrole nitrogens is 1. The van der Waals surface area contributed by atoms with E-state index in [1.54, 1.807) is 9.80 Å². The smallest absolute Gasteiger partial charge is 0.408 e. The third-order valence-electron chi connectivity index (χ3n) is 6.30. The molecule has 8 heteroatoms. The van der Waals surface area contributed by atoms with Gasteiger partial charge in [0.25, 0.3) is 0 Å². The van der Waals surface area contributed by atoms with Crippen LogP contribution in [-0.2, 0) is 27.4 Å². The van der Waals surface area contributed by atoms with Crippen LogP contribution in [-0.4, -0.2) is 64.9 Å². The first-order valence-corrected chi connectivity index (χ1v) is 12.0. The molecule has 1 aromatic heterocycles. The van der Waals surface area contributed by atoms with E-state index in [0.29, 0.717) is 32.6 Å². The van der Waals surface area contributed by atoms with Gasteiger partial charge >= 0.3 is 6.09 Å². The minimum atomic E-state index is -0.787. The second kappa shape index (κ2) is 11.1. The number of fused-ring (bicyclic) bond motifs is 1. The number of aromatic amines is 1. The zero-order valence-electron chi connectivity index (χ0n) is 20.2. The molecule has 4 rings (SSSR count). The largest absolute Gasteiger partial charge is 0.445 e. The maximum absolute atomic E-state index is 13.5. The number of amides is 3. The highest BCUT2D eigenvalue weighted by Crippen LogP contribution is 2.20. The average Bonchev–Trinajstić information content (AvgIpc) is 3.29. The Balaban J connectivity index is 1.45. The quantitative estimate of drug-likeness (QED) is 0.547. The van der Waals surface area contributed by atoms with Gasteiger partial charge in [-0.1, -0.05) is 62.4 Å².